The number of likely N-dealkylation sites (N-methyl/N-ethyl adjacent to an activating group) is 1. The van der Waals surface area contributed by atoms with E-state index in [4.69, 9.17) is 21.1 Å². The molecular weight excluding hydrogens is 704 g/mol. The highest BCUT2D eigenvalue weighted by molar-refractivity contribution is 7.92. The molecule has 11 nitrogen and oxygen atoms in total. The van der Waals surface area contributed by atoms with Crippen LogP contribution in [0, 0.1) is 5.92 Å². The molecule has 0 saturated heterocycles. The quantitative estimate of drug-likeness (QED) is 0.173. The lowest BCUT2D eigenvalue weighted by Gasteiger charge is -2.35. The molecule has 3 N–H and O–H groups in total. The molecule has 0 saturated carbocycles. The number of carbonyl (C=O) groups is 2. The Morgan fingerprint density at radius 3 is 2.52 bits per heavy atom. The van der Waals surface area contributed by atoms with Crippen molar-refractivity contribution in [3.8, 4) is 5.75 Å². The van der Waals surface area contributed by atoms with Gasteiger partial charge in [0, 0.05) is 48.8 Å². The SMILES string of the molecule is C[C@@H]1CCCCO[C@H](CN(C)C(=O)Nc2cccc3ccccc23)[C@H](C)CN([C@@H](C)CO)C(=O)c2cc(NS(=O)(=O)c3ccc(Cl)cc3)ccc2O1. The number of sulfonamides is 1. The second kappa shape index (κ2) is 17.4. The molecule has 4 aromatic rings. The van der Waals surface area contributed by atoms with E-state index in [-0.39, 0.29) is 53.9 Å². The summed E-state index contributed by atoms with van der Waals surface area (Å²) in [5, 5.41) is 15.7. The Kier molecular flexibility index (Phi) is 13.0. The normalized spacial score (nSPS) is 19.5. The number of fused-ring (bicyclic) bond motifs is 2. The molecule has 13 heteroatoms. The summed E-state index contributed by atoms with van der Waals surface area (Å²) < 4.78 is 41.7. The number of nitrogens with zero attached hydrogens (tertiary/aromatic N) is 2. The third kappa shape index (κ3) is 9.74. The highest BCUT2D eigenvalue weighted by atomic mass is 35.5. The zero-order valence-corrected chi connectivity index (χ0v) is 31.5. The van der Waals surface area contributed by atoms with E-state index in [9.17, 15) is 23.1 Å². The monoisotopic (exact) mass is 750 g/mol. The van der Waals surface area contributed by atoms with Gasteiger partial charge in [-0.05, 0) is 87.0 Å². The molecule has 0 spiro atoms. The molecule has 4 atom stereocenters. The van der Waals surface area contributed by atoms with Crippen molar-refractivity contribution in [3.05, 3.63) is 95.5 Å². The van der Waals surface area contributed by atoms with Crippen molar-refractivity contribution in [2.45, 2.75) is 63.2 Å². The zero-order valence-electron chi connectivity index (χ0n) is 29.9. The summed E-state index contributed by atoms with van der Waals surface area (Å²) in [5.41, 5.74) is 1.02. The van der Waals surface area contributed by atoms with E-state index in [1.54, 1.807) is 35.9 Å². The summed E-state index contributed by atoms with van der Waals surface area (Å²) in [6.07, 6.45) is 1.55. The van der Waals surface area contributed by atoms with Crippen molar-refractivity contribution in [3.63, 3.8) is 0 Å². The highest BCUT2D eigenvalue weighted by Crippen LogP contribution is 2.30. The van der Waals surface area contributed by atoms with E-state index in [0.717, 1.165) is 23.6 Å². The first-order chi connectivity index (χ1) is 24.9. The molecule has 4 aromatic carbocycles. The van der Waals surface area contributed by atoms with Gasteiger partial charge in [-0.1, -0.05) is 54.9 Å². The molecule has 1 aliphatic heterocycles. The first kappa shape index (κ1) is 38.9. The van der Waals surface area contributed by atoms with Crippen molar-refractivity contribution in [1.82, 2.24) is 9.80 Å². The van der Waals surface area contributed by atoms with Crippen molar-refractivity contribution >= 4 is 55.7 Å². The van der Waals surface area contributed by atoms with E-state index < -0.39 is 28.1 Å². The van der Waals surface area contributed by atoms with Crippen LogP contribution in [0.2, 0.25) is 5.02 Å². The first-order valence-corrected chi connectivity index (χ1v) is 19.3. The molecule has 278 valence electrons. The number of ether oxygens (including phenoxy) is 2. The van der Waals surface area contributed by atoms with Gasteiger partial charge in [-0.15, -0.1) is 0 Å². The number of benzene rings is 4. The highest BCUT2D eigenvalue weighted by Gasteiger charge is 2.31. The molecule has 52 heavy (non-hydrogen) atoms. The van der Waals surface area contributed by atoms with E-state index in [0.29, 0.717) is 29.5 Å². The number of aliphatic hydroxyl groups is 1. The second-order valence-electron chi connectivity index (χ2n) is 13.4. The number of rotatable bonds is 8. The summed E-state index contributed by atoms with van der Waals surface area (Å²) in [6.45, 7) is 6.18. The van der Waals surface area contributed by atoms with Gasteiger partial charge in [0.15, 0.2) is 0 Å². The minimum atomic E-state index is -4.00. The minimum Gasteiger partial charge on any atom is -0.490 e. The Labute approximate surface area is 310 Å². The van der Waals surface area contributed by atoms with E-state index in [2.05, 4.69) is 10.0 Å². The third-order valence-corrected chi connectivity index (χ3v) is 10.9. The number of halogens is 1. The molecule has 0 unspecified atom stereocenters. The number of carbonyl (C=O) groups excluding carboxylic acids is 2. The van der Waals surface area contributed by atoms with E-state index in [1.165, 1.54) is 30.3 Å². The van der Waals surface area contributed by atoms with Gasteiger partial charge in [0.1, 0.15) is 5.75 Å². The summed E-state index contributed by atoms with van der Waals surface area (Å²) >= 11 is 5.96. The minimum absolute atomic E-state index is 0.0133. The second-order valence-corrected chi connectivity index (χ2v) is 15.5. The van der Waals surface area contributed by atoms with Gasteiger partial charge in [-0.3, -0.25) is 9.52 Å². The van der Waals surface area contributed by atoms with E-state index in [1.807, 2.05) is 56.3 Å². The van der Waals surface area contributed by atoms with Crippen LogP contribution in [-0.2, 0) is 14.8 Å². The standard InChI is InChI=1S/C39H47ClN4O7S/c1-26-23-44(27(2)25-45)38(46)34-22-31(42-52(48,49)32-18-15-30(40)16-19-32)17-20-36(34)51-28(3)10-7-8-21-50-37(26)24-43(4)39(47)41-35-14-9-12-29-11-5-6-13-33(29)35/h5-6,9,11-20,22,26-28,37,42,45H,7-8,10,21,23-25H2,1-4H3,(H,41,47)/t26-,27+,28-,37-/m1/s1. The van der Waals surface area contributed by atoms with Gasteiger partial charge in [-0.2, -0.15) is 0 Å². The van der Waals surface area contributed by atoms with Gasteiger partial charge in [-0.25, -0.2) is 13.2 Å². The molecule has 0 bridgehead atoms. The van der Waals surface area contributed by atoms with Gasteiger partial charge in [0.25, 0.3) is 15.9 Å². The summed E-state index contributed by atoms with van der Waals surface area (Å²) in [6, 6.07) is 23.1. The Hall–Kier alpha value is -4.36. The fraction of sp³-hybridized carbons (Fsp3) is 0.385. The van der Waals surface area contributed by atoms with Crippen LogP contribution in [0.3, 0.4) is 0 Å². The molecule has 3 amide bonds. The fourth-order valence-electron chi connectivity index (χ4n) is 6.17. The Morgan fingerprint density at radius 2 is 1.77 bits per heavy atom. The average Bonchev–Trinajstić information content (AvgIpc) is 3.12. The lowest BCUT2D eigenvalue weighted by molar-refractivity contribution is -0.0115. The van der Waals surface area contributed by atoms with Crippen LogP contribution in [-0.4, -0.2) is 86.9 Å². The lowest BCUT2D eigenvalue weighted by atomic mass is 10.0. The van der Waals surface area contributed by atoms with Crippen LogP contribution in [0.5, 0.6) is 5.75 Å². The van der Waals surface area contributed by atoms with Crippen LogP contribution in [0.4, 0.5) is 16.2 Å². The number of amides is 3. The molecular formula is C39H47ClN4O7S. The van der Waals surface area contributed by atoms with Crippen LogP contribution in [0.1, 0.15) is 50.4 Å². The lowest BCUT2D eigenvalue weighted by Crippen LogP contribution is -2.48. The molecule has 1 aliphatic rings. The maximum absolute atomic E-state index is 14.5. The third-order valence-electron chi connectivity index (χ3n) is 9.26. The molecule has 0 aliphatic carbocycles. The van der Waals surface area contributed by atoms with Gasteiger partial charge in [0.05, 0.1) is 41.0 Å². The van der Waals surface area contributed by atoms with Crippen molar-refractivity contribution in [2.24, 2.45) is 5.92 Å². The summed E-state index contributed by atoms with van der Waals surface area (Å²) in [7, 11) is -2.29. The van der Waals surface area contributed by atoms with Gasteiger partial charge in [0.2, 0.25) is 0 Å². The van der Waals surface area contributed by atoms with Crippen LogP contribution >= 0.6 is 11.6 Å². The summed E-state index contributed by atoms with van der Waals surface area (Å²) in [5.74, 6) is -0.408. The average molecular weight is 751 g/mol. The predicted octanol–water partition coefficient (Wildman–Crippen LogP) is 7.25. The van der Waals surface area contributed by atoms with Crippen molar-refractivity contribution in [1.29, 1.82) is 0 Å². The molecule has 0 radical (unpaired) electrons. The molecule has 0 fully saturated rings. The van der Waals surface area contributed by atoms with Gasteiger partial charge < -0.3 is 29.7 Å². The van der Waals surface area contributed by atoms with Crippen molar-refractivity contribution < 1.29 is 32.6 Å². The number of nitrogens with one attached hydrogen (secondary N) is 2. The van der Waals surface area contributed by atoms with Gasteiger partial charge >= 0.3 is 6.03 Å². The van der Waals surface area contributed by atoms with Crippen LogP contribution < -0.4 is 14.8 Å². The van der Waals surface area contributed by atoms with E-state index >= 15 is 0 Å². The Bertz CT molecular complexity index is 1950. The predicted molar refractivity (Wildman–Crippen MR) is 205 cm³/mol. The smallest absolute Gasteiger partial charge is 0.321 e. The number of hydrogen-bond donors (Lipinski definition) is 3. The molecule has 1 heterocycles. The van der Waals surface area contributed by atoms with Crippen LogP contribution in [0.25, 0.3) is 10.8 Å². The summed E-state index contributed by atoms with van der Waals surface area (Å²) in [4.78, 5) is 31.1. The zero-order chi connectivity index (χ0) is 37.4. The first-order valence-electron chi connectivity index (χ1n) is 17.5. The number of anilines is 2. The fourth-order valence-corrected chi connectivity index (χ4v) is 7.35. The maximum atomic E-state index is 14.5. The molecule has 0 aromatic heterocycles. The number of hydrogen-bond acceptors (Lipinski definition) is 7. The maximum Gasteiger partial charge on any atom is 0.321 e. The Morgan fingerprint density at radius 1 is 1.04 bits per heavy atom. The molecule has 5 rings (SSSR count). The topological polar surface area (TPSA) is 138 Å². The largest absolute Gasteiger partial charge is 0.490 e. The number of urea groups is 1. The number of aliphatic hydroxyl groups excluding tert-OH is 1. The Balaban J connectivity index is 1.40. The van der Waals surface area contributed by atoms with Crippen LogP contribution in [0.15, 0.2) is 89.8 Å². The van der Waals surface area contributed by atoms with Crippen molar-refractivity contribution in [2.75, 3.05) is 43.4 Å².